The van der Waals surface area contributed by atoms with E-state index in [0.29, 0.717) is 0 Å². The maximum atomic E-state index is 5.61. The molecule has 0 aliphatic carbocycles. The summed E-state index contributed by atoms with van der Waals surface area (Å²) in [5.74, 6) is 5.61. The van der Waals surface area contributed by atoms with Crippen LogP contribution in [0.1, 0.15) is 22.2 Å². The summed E-state index contributed by atoms with van der Waals surface area (Å²) < 4.78 is 1.07. The first-order valence-electron chi connectivity index (χ1n) is 4.84. The van der Waals surface area contributed by atoms with Crippen LogP contribution in [0.5, 0.6) is 0 Å². The molecule has 1 atom stereocenters. The lowest BCUT2D eigenvalue weighted by Gasteiger charge is -2.15. The maximum Gasteiger partial charge on any atom is 0.0828 e. The van der Waals surface area contributed by atoms with Gasteiger partial charge in [0, 0.05) is 21.2 Å². The summed E-state index contributed by atoms with van der Waals surface area (Å²) in [6.07, 6.45) is 1.85. The molecule has 0 amide bonds. The van der Waals surface area contributed by atoms with Gasteiger partial charge in [-0.05, 0) is 45.9 Å². The van der Waals surface area contributed by atoms with E-state index < -0.39 is 0 Å². The molecular formula is C11H12BrN3S. The van der Waals surface area contributed by atoms with E-state index in [1.807, 2.05) is 36.7 Å². The Hall–Kier alpha value is -0.750. The average Bonchev–Trinajstić information content (AvgIpc) is 2.69. The average molecular weight is 298 g/mol. The fraction of sp³-hybridized carbons (Fsp3) is 0.182. The highest BCUT2D eigenvalue weighted by atomic mass is 79.9. The minimum Gasteiger partial charge on any atom is -0.271 e. The number of hydrogen-bond donors (Lipinski definition) is 2. The fourth-order valence-electron chi connectivity index (χ4n) is 1.48. The smallest absolute Gasteiger partial charge is 0.0828 e. The maximum absolute atomic E-state index is 5.61. The van der Waals surface area contributed by atoms with Gasteiger partial charge in [0.1, 0.15) is 0 Å². The van der Waals surface area contributed by atoms with E-state index in [4.69, 9.17) is 5.84 Å². The molecule has 84 valence electrons. The van der Waals surface area contributed by atoms with Crippen molar-refractivity contribution < 1.29 is 0 Å². The van der Waals surface area contributed by atoms with Crippen molar-refractivity contribution in [2.75, 3.05) is 0 Å². The highest BCUT2D eigenvalue weighted by molar-refractivity contribution is 9.10. The second-order valence-corrected chi connectivity index (χ2v) is 5.27. The molecule has 0 saturated carbocycles. The Morgan fingerprint density at radius 3 is 2.75 bits per heavy atom. The minimum absolute atomic E-state index is 0.0116. The lowest BCUT2D eigenvalue weighted by atomic mass is 10.1. The van der Waals surface area contributed by atoms with E-state index in [9.17, 15) is 0 Å². The largest absolute Gasteiger partial charge is 0.271 e. The van der Waals surface area contributed by atoms with Crippen LogP contribution in [0, 0.1) is 6.92 Å². The van der Waals surface area contributed by atoms with Crippen LogP contribution in [0.3, 0.4) is 0 Å². The van der Waals surface area contributed by atoms with Gasteiger partial charge in [-0.3, -0.25) is 10.8 Å². The topological polar surface area (TPSA) is 50.9 Å². The van der Waals surface area contributed by atoms with Crippen molar-refractivity contribution in [1.82, 2.24) is 10.4 Å². The van der Waals surface area contributed by atoms with Crippen molar-refractivity contribution in [3.63, 3.8) is 0 Å². The Morgan fingerprint density at radius 2 is 2.25 bits per heavy atom. The van der Waals surface area contributed by atoms with Crippen LogP contribution in [-0.4, -0.2) is 4.98 Å². The molecule has 0 saturated heterocycles. The molecule has 2 heterocycles. The third-order valence-electron chi connectivity index (χ3n) is 2.34. The SMILES string of the molecule is Cc1ccc(C(NN)c2sccc2Br)cn1. The predicted octanol–water partition coefficient (Wildman–Crippen LogP) is 2.77. The van der Waals surface area contributed by atoms with Gasteiger partial charge < -0.3 is 0 Å². The van der Waals surface area contributed by atoms with Gasteiger partial charge in [0.05, 0.1) is 6.04 Å². The first-order valence-corrected chi connectivity index (χ1v) is 6.51. The number of nitrogens with zero attached hydrogens (tertiary/aromatic N) is 1. The number of hydrogen-bond acceptors (Lipinski definition) is 4. The molecule has 0 aromatic carbocycles. The summed E-state index contributed by atoms with van der Waals surface area (Å²) in [5.41, 5.74) is 4.89. The first kappa shape index (κ1) is 11.7. The normalized spacial score (nSPS) is 12.7. The molecule has 0 fully saturated rings. The highest BCUT2D eigenvalue weighted by Crippen LogP contribution is 2.32. The number of nitrogens with one attached hydrogen (secondary N) is 1. The van der Waals surface area contributed by atoms with Crippen LogP contribution in [0.15, 0.2) is 34.2 Å². The van der Waals surface area contributed by atoms with E-state index in [2.05, 4.69) is 26.3 Å². The van der Waals surface area contributed by atoms with E-state index >= 15 is 0 Å². The second-order valence-electron chi connectivity index (χ2n) is 3.47. The number of nitrogens with two attached hydrogens (primary N) is 1. The molecule has 1 unspecified atom stereocenters. The van der Waals surface area contributed by atoms with E-state index in [0.717, 1.165) is 20.6 Å². The molecule has 5 heteroatoms. The quantitative estimate of drug-likeness (QED) is 0.677. The van der Waals surface area contributed by atoms with Crippen molar-refractivity contribution in [2.45, 2.75) is 13.0 Å². The lowest BCUT2D eigenvalue weighted by Crippen LogP contribution is -2.28. The van der Waals surface area contributed by atoms with Crippen molar-refractivity contribution >= 4 is 27.3 Å². The summed E-state index contributed by atoms with van der Waals surface area (Å²) in [5, 5.41) is 2.03. The third kappa shape index (κ3) is 2.32. The number of rotatable bonds is 3. The standard InChI is InChI=1S/C11H12BrN3S/c1-7-2-3-8(6-14-7)10(15-13)11-9(12)4-5-16-11/h2-6,10,15H,13H2,1H3. The number of halogens is 1. The van der Waals surface area contributed by atoms with Gasteiger partial charge in [0.15, 0.2) is 0 Å². The predicted molar refractivity (Wildman–Crippen MR) is 70.2 cm³/mol. The van der Waals surface area contributed by atoms with Gasteiger partial charge >= 0.3 is 0 Å². The monoisotopic (exact) mass is 297 g/mol. The van der Waals surface area contributed by atoms with E-state index in [1.165, 1.54) is 0 Å². The van der Waals surface area contributed by atoms with E-state index in [-0.39, 0.29) is 6.04 Å². The summed E-state index contributed by atoms with van der Waals surface area (Å²) in [6, 6.07) is 6.04. The Morgan fingerprint density at radius 1 is 1.44 bits per heavy atom. The molecule has 0 bridgehead atoms. The van der Waals surface area contributed by atoms with Crippen LogP contribution in [0.25, 0.3) is 0 Å². The van der Waals surface area contributed by atoms with Crippen LogP contribution < -0.4 is 11.3 Å². The van der Waals surface area contributed by atoms with Crippen molar-refractivity contribution in [2.24, 2.45) is 5.84 Å². The highest BCUT2D eigenvalue weighted by Gasteiger charge is 2.16. The number of aryl methyl sites for hydroxylation is 1. The molecule has 2 aromatic rings. The van der Waals surface area contributed by atoms with Gasteiger partial charge in [-0.2, -0.15) is 0 Å². The number of aromatic nitrogens is 1. The van der Waals surface area contributed by atoms with Crippen LogP contribution in [0.4, 0.5) is 0 Å². The summed E-state index contributed by atoms with van der Waals surface area (Å²) >= 11 is 5.18. The summed E-state index contributed by atoms with van der Waals surface area (Å²) in [6.45, 7) is 1.97. The number of pyridine rings is 1. The van der Waals surface area contributed by atoms with E-state index in [1.54, 1.807) is 11.3 Å². The Labute approximate surface area is 107 Å². The Balaban J connectivity index is 2.37. The van der Waals surface area contributed by atoms with Crippen molar-refractivity contribution in [3.8, 4) is 0 Å². The lowest BCUT2D eigenvalue weighted by molar-refractivity contribution is 0.642. The zero-order valence-corrected chi connectivity index (χ0v) is 11.2. The second kappa shape index (κ2) is 5.05. The van der Waals surface area contributed by atoms with Crippen LogP contribution in [0.2, 0.25) is 0 Å². The van der Waals surface area contributed by atoms with Crippen molar-refractivity contribution in [3.05, 3.63) is 50.4 Å². The van der Waals surface area contributed by atoms with Crippen LogP contribution in [-0.2, 0) is 0 Å². The van der Waals surface area contributed by atoms with Gasteiger partial charge in [-0.15, -0.1) is 11.3 Å². The molecule has 2 aromatic heterocycles. The zero-order valence-electron chi connectivity index (χ0n) is 8.77. The molecule has 0 radical (unpaired) electrons. The first-order chi connectivity index (χ1) is 7.72. The number of thiophene rings is 1. The van der Waals surface area contributed by atoms with Crippen molar-refractivity contribution in [1.29, 1.82) is 0 Å². The molecule has 0 aliphatic heterocycles. The minimum atomic E-state index is -0.0116. The van der Waals surface area contributed by atoms with Gasteiger partial charge in [-0.25, -0.2) is 5.43 Å². The fourth-order valence-corrected chi connectivity index (χ4v) is 3.17. The number of hydrazine groups is 1. The summed E-state index contributed by atoms with van der Waals surface area (Å²) in [4.78, 5) is 5.44. The Kier molecular flexibility index (Phi) is 3.70. The molecule has 0 spiro atoms. The zero-order chi connectivity index (χ0) is 11.5. The molecule has 2 rings (SSSR count). The molecule has 16 heavy (non-hydrogen) atoms. The van der Waals surface area contributed by atoms with Gasteiger partial charge in [0.25, 0.3) is 0 Å². The van der Waals surface area contributed by atoms with Gasteiger partial charge in [0.2, 0.25) is 0 Å². The van der Waals surface area contributed by atoms with Gasteiger partial charge in [-0.1, -0.05) is 6.07 Å². The molecule has 3 N–H and O–H groups in total. The Bertz CT molecular complexity index is 466. The molecule has 0 aliphatic rings. The molecule has 3 nitrogen and oxygen atoms in total. The summed E-state index contributed by atoms with van der Waals surface area (Å²) in [7, 11) is 0. The molecular weight excluding hydrogens is 286 g/mol. The van der Waals surface area contributed by atoms with Crippen LogP contribution >= 0.6 is 27.3 Å². The third-order valence-corrected chi connectivity index (χ3v) is 4.28.